The van der Waals surface area contributed by atoms with Crippen molar-refractivity contribution in [1.82, 2.24) is 0 Å². The minimum Gasteiger partial charge on any atom is -0.308 e. The van der Waals surface area contributed by atoms with Crippen LogP contribution >= 0.6 is 7.60 Å². The lowest BCUT2D eigenvalue weighted by molar-refractivity contribution is 0.211. The molecule has 0 fully saturated rings. The van der Waals surface area contributed by atoms with E-state index in [0.717, 1.165) is 11.1 Å². The Morgan fingerprint density at radius 3 is 1.86 bits per heavy atom. The molecule has 3 nitrogen and oxygen atoms in total. The number of benzene rings is 2. The summed E-state index contributed by atoms with van der Waals surface area (Å²) in [5.41, 5.74) is 1.81. The first-order chi connectivity index (χ1) is 10.7. The van der Waals surface area contributed by atoms with Crippen LogP contribution in [0.25, 0.3) is 0 Å². The molecule has 0 radical (unpaired) electrons. The van der Waals surface area contributed by atoms with Crippen LogP contribution in [0.15, 0.2) is 60.7 Å². The normalized spacial score (nSPS) is 13.0. The summed E-state index contributed by atoms with van der Waals surface area (Å²) < 4.78 is 24.5. The third-order valence-corrected chi connectivity index (χ3v) is 5.94. The van der Waals surface area contributed by atoms with Crippen molar-refractivity contribution in [1.29, 1.82) is 0 Å². The molecule has 0 N–H and O–H groups in total. The van der Waals surface area contributed by atoms with Gasteiger partial charge in [-0.2, -0.15) is 0 Å². The second kappa shape index (κ2) is 8.28. The maximum absolute atomic E-state index is 13.3. The SMILES string of the molecule is CCOP(=O)(OCC)C(Cc1ccccc1)c1ccccc1. The van der Waals surface area contributed by atoms with Crippen LogP contribution in [0.2, 0.25) is 0 Å². The quantitative estimate of drug-likeness (QED) is 0.625. The van der Waals surface area contributed by atoms with Gasteiger partial charge < -0.3 is 9.05 Å². The van der Waals surface area contributed by atoms with Crippen LogP contribution in [0.5, 0.6) is 0 Å². The van der Waals surface area contributed by atoms with Crippen molar-refractivity contribution in [3.05, 3.63) is 71.8 Å². The Morgan fingerprint density at radius 1 is 0.864 bits per heavy atom. The average Bonchev–Trinajstić information content (AvgIpc) is 2.55. The largest absolute Gasteiger partial charge is 0.338 e. The maximum atomic E-state index is 13.3. The van der Waals surface area contributed by atoms with Crippen LogP contribution in [0.1, 0.15) is 30.6 Å². The highest BCUT2D eigenvalue weighted by molar-refractivity contribution is 7.54. The molecule has 1 unspecified atom stereocenters. The summed E-state index contributed by atoms with van der Waals surface area (Å²) in [6.45, 7) is 4.43. The fourth-order valence-electron chi connectivity index (χ4n) is 2.50. The van der Waals surface area contributed by atoms with E-state index in [1.54, 1.807) is 0 Å². The van der Waals surface area contributed by atoms with Crippen molar-refractivity contribution in [2.24, 2.45) is 0 Å². The molecule has 0 aromatic heterocycles. The van der Waals surface area contributed by atoms with E-state index in [9.17, 15) is 4.57 Å². The topological polar surface area (TPSA) is 35.5 Å². The van der Waals surface area contributed by atoms with Gasteiger partial charge in [0.1, 0.15) is 0 Å². The van der Waals surface area contributed by atoms with Crippen LogP contribution in [-0.4, -0.2) is 13.2 Å². The summed E-state index contributed by atoms with van der Waals surface area (Å²) in [7, 11) is -3.22. The molecular weight excluding hydrogens is 295 g/mol. The van der Waals surface area contributed by atoms with E-state index in [-0.39, 0.29) is 5.66 Å². The Bertz CT molecular complexity index is 588. The second-order valence-corrected chi connectivity index (χ2v) is 7.21. The van der Waals surface area contributed by atoms with Gasteiger partial charge >= 0.3 is 7.60 Å². The summed E-state index contributed by atoms with van der Waals surface area (Å²) in [4.78, 5) is 0. The fourth-order valence-corrected chi connectivity index (χ4v) is 4.63. The van der Waals surface area contributed by atoms with Gasteiger partial charge in [-0.15, -0.1) is 0 Å². The molecule has 0 bridgehead atoms. The molecule has 0 amide bonds. The molecule has 0 spiro atoms. The van der Waals surface area contributed by atoms with E-state index < -0.39 is 7.60 Å². The standard InChI is InChI=1S/C18H23O3P/c1-3-20-22(19,21-4-2)18(17-13-9-6-10-14-17)15-16-11-7-5-8-12-16/h5-14,18H,3-4,15H2,1-2H3. The summed E-state index contributed by atoms with van der Waals surface area (Å²) in [6, 6.07) is 19.9. The van der Waals surface area contributed by atoms with Crippen LogP contribution in [0, 0.1) is 0 Å². The summed E-state index contributed by atoms with van der Waals surface area (Å²) in [5.74, 6) is 0. The van der Waals surface area contributed by atoms with Crippen LogP contribution in [0.4, 0.5) is 0 Å². The molecule has 4 heteroatoms. The molecule has 2 aromatic carbocycles. The molecule has 0 aliphatic carbocycles. The molecule has 0 saturated heterocycles. The lowest BCUT2D eigenvalue weighted by Gasteiger charge is -2.27. The van der Waals surface area contributed by atoms with Crippen molar-refractivity contribution < 1.29 is 13.6 Å². The third kappa shape index (κ3) is 4.30. The van der Waals surface area contributed by atoms with E-state index in [4.69, 9.17) is 9.05 Å². The first kappa shape index (κ1) is 17.0. The van der Waals surface area contributed by atoms with E-state index in [1.165, 1.54) is 0 Å². The van der Waals surface area contributed by atoms with Crippen molar-refractivity contribution in [2.75, 3.05) is 13.2 Å². The molecule has 0 aliphatic heterocycles. The molecular formula is C18H23O3P. The zero-order chi connectivity index (χ0) is 15.8. The fraction of sp³-hybridized carbons (Fsp3) is 0.333. The molecule has 2 rings (SSSR count). The predicted molar refractivity (Wildman–Crippen MR) is 90.2 cm³/mol. The van der Waals surface area contributed by atoms with Gasteiger partial charge in [0.25, 0.3) is 0 Å². The summed E-state index contributed by atoms with van der Waals surface area (Å²) >= 11 is 0. The number of rotatable bonds is 8. The van der Waals surface area contributed by atoms with Gasteiger partial charge in [-0.3, -0.25) is 4.57 Å². The van der Waals surface area contributed by atoms with E-state index >= 15 is 0 Å². The van der Waals surface area contributed by atoms with Gasteiger partial charge in [0.2, 0.25) is 0 Å². The zero-order valence-electron chi connectivity index (χ0n) is 13.1. The zero-order valence-corrected chi connectivity index (χ0v) is 14.0. The first-order valence-electron chi connectivity index (χ1n) is 7.67. The van der Waals surface area contributed by atoms with E-state index in [1.807, 2.05) is 74.5 Å². The van der Waals surface area contributed by atoms with Gasteiger partial charge in [0.05, 0.1) is 18.9 Å². The van der Waals surface area contributed by atoms with Crippen LogP contribution < -0.4 is 0 Å². The highest BCUT2D eigenvalue weighted by Gasteiger charge is 2.36. The van der Waals surface area contributed by atoms with Crippen molar-refractivity contribution in [2.45, 2.75) is 25.9 Å². The molecule has 22 heavy (non-hydrogen) atoms. The molecule has 2 aromatic rings. The smallest absolute Gasteiger partial charge is 0.308 e. The molecule has 0 saturated carbocycles. The highest BCUT2D eigenvalue weighted by Crippen LogP contribution is 2.62. The van der Waals surface area contributed by atoms with E-state index in [2.05, 4.69) is 0 Å². The van der Waals surface area contributed by atoms with Gasteiger partial charge in [-0.05, 0) is 31.4 Å². The Kier molecular flexibility index (Phi) is 6.38. The maximum Gasteiger partial charge on any atom is 0.338 e. The number of hydrogen-bond acceptors (Lipinski definition) is 3. The van der Waals surface area contributed by atoms with Crippen molar-refractivity contribution >= 4 is 7.60 Å². The lowest BCUT2D eigenvalue weighted by Crippen LogP contribution is -2.09. The van der Waals surface area contributed by atoms with Crippen LogP contribution in [-0.2, 0) is 20.0 Å². The average molecular weight is 318 g/mol. The monoisotopic (exact) mass is 318 g/mol. The first-order valence-corrected chi connectivity index (χ1v) is 9.28. The van der Waals surface area contributed by atoms with Gasteiger partial charge in [-0.25, -0.2) is 0 Å². The Hall–Kier alpha value is -1.41. The molecule has 0 aliphatic rings. The third-order valence-electron chi connectivity index (χ3n) is 3.46. The van der Waals surface area contributed by atoms with Gasteiger partial charge in [0.15, 0.2) is 0 Å². The predicted octanol–water partition coefficient (Wildman–Crippen LogP) is 5.24. The number of hydrogen-bond donors (Lipinski definition) is 0. The van der Waals surface area contributed by atoms with Crippen LogP contribution in [0.3, 0.4) is 0 Å². The lowest BCUT2D eigenvalue weighted by atomic mass is 10.0. The Balaban J connectivity index is 2.38. The summed E-state index contributed by atoms with van der Waals surface area (Å²) in [6.07, 6.45) is 0.627. The van der Waals surface area contributed by atoms with Gasteiger partial charge in [0, 0.05) is 0 Å². The molecule has 0 heterocycles. The molecule has 1 atom stereocenters. The van der Waals surface area contributed by atoms with E-state index in [0.29, 0.717) is 19.6 Å². The summed E-state index contributed by atoms with van der Waals surface area (Å²) in [5, 5.41) is 0. The highest BCUT2D eigenvalue weighted by atomic mass is 31.2. The minimum absolute atomic E-state index is 0.295. The Labute approximate surface area is 132 Å². The minimum atomic E-state index is -3.22. The van der Waals surface area contributed by atoms with Crippen molar-refractivity contribution in [3.8, 4) is 0 Å². The Morgan fingerprint density at radius 2 is 1.36 bits per heavy atom. The molecule has 118 valence electrons. The van der Waals surface area contributed by atoms with Gasteiger partial charge in [-0.1, -0.05) is 60.7 Å². The second-order valence-electron chi connectivity index (χ2n) is 4.99. The van der Waals surface area contributed by atoms with Crippen molar-refractivity contribution in [3.63, 3.8) is 0 Å².